The molecule has 0 aromatic rings. The van der Waals surface area contributed by atoms with Gasteiger partial charge in [0.1, 0.15) is 0 Å². The maximum absolute atomic E-state index is 11.8. The van der Waals surface area contributed by atoms with E-state index in [1.165, 1.54) is 5.57 Å². The number of ketones is 1. The second-order valence-corrected chi connectivity index (χ2v) is 8.63. The van der Waals surface area contributed by atoms with Crippen LogP contribution in [0.1, 0.15) is 52.9 Å². The van der Waals surface area contributed by atoms with E-state index in [1.807, 2.05) is 6.08 Å². The number of hydrogen-bond acceptors (Lipinski definition) is 2. The lowest BCUT2D eigenvalue weighted by molar-refractivity contribution is -0.116. The molecule has 120 valence electrons. The fourth-order valence-electron chi connectivity index (χ4n) is 6.41. The van der Waals surface area contributed by atoms with Crippen molar-refractivity contribution in [3.05, 3.63) is 23.3 Å². The summed E-state index contributed by atoms with van der Waals surface area (Å²) in [5.74, 6) is 3.45. The first kappa shape index (κ1) is 14.7. The first-order valence-corrected chi connectivity index (χ1v) is 9.03. The van der Waals surface area contributed by atoms with Crippen LogP contribution in [-0.4, -0.2) is 17.0 Å². The third kappa shape index (κ3) is 1.86. The second-order valence-electron chi connectivity index (χ2n) is 8.63. The van der Waals surface area contributed by atoms with Gasteiger partial charge in [0, 0.05) is 11.8 Å². The number of carbonyl (C=O) groups excluding carboxylic acids is 1. The molecule has 0 bridgehead atoms. The Hall–Kier alpha value is -0.890. The molecule has 1 N–H and O–H groups in total. The Morgan fingerprint density at radius 1 is 1.27 bits per heavy atom. The van der Waals surface area contributed by atoms with Crippen LogP contribution in [0.2, 0.25) is 0 Å². The van der Waals surface area contributed by atoms with Gasteiger partial charge >= 0.3 is 0 Å². The van der Waals surface area contributed by atoms with E-state index in [0.717, 1.165) is 32.1 Å². The van der Waals surface area contributed by atoms with Crippen LogP contribution in [0.3, 0.4) is 0 Å². The van der Waals surface area contributed by atoms with Crippen molar-refractivity contribution in [3.63, 3.8) is 0 Å². The Bertz CT molecular complexity index is 572. The monoisotopic (exact) mass is 300 g/mol. The van der Waals surface area contributed by atoms with Gasteiger partial charge in [0.05, 0.1) is 6.10 Å². The fourth-order valence-corrected chi connectivity index (χ4v) is 6.41. The average Bonchev–Trinajstić information content (AvgIpc) is 2.74. The Balaban J connectivity index is 1.76. The Morgan fingerprint density at radius 2 is 2.05 bits per heavy atom. The number of fused-ring (bicyclic) bond motifs is 5. The van der Waals surface area contributed by atoms with E-state index in [1.54, 1.807) is 5.57 Å². The predicted octanol–water partition coefficient (Wildman–Crippen LogP) is 3.90. The summed E-state index contributed by atoms with van der Waals surface area (Å²) in [6.45, 7) is 7.03. The number of carbonyl (C=O) groups is 1. The highest BCUT2D eigenvalue weighted by Crippen LogP contribution is 2.62. The molecule has 0 spiro atoms. The SMILES string of the molecule is C[C@@H]1CC2=CC(=O)CCC2C2C1C1=CC[C@H](O)[C@@]1(C)C[C@@H]2C. The molecule has 3 unspecified atom stereocenters. The smallest absolute Gasteiger partial charge is 0.155 e. The van der Waals surface area contributed by atoms with Crippen molar-refractivity contribution in [2.45, 2.75) is 59.0 Å². The van der Waals surface area contributed by atoms with Crippen LogP contribution in [0.4, 0.5) is 0 Å². The van der Waals surface area contributed by atoms with Gasteiger partial charge in [0.2, 0.25) is 0 Å². The standard InChI is InChI=1S/C20H28O2/c1-11-8-13-9-14(21)4-5-15(13)18-12(2)10-20(3)16(19(11)18)6-7-17(20)22/h6,9,11-12,15,17-19,22H,4-5,7-8,10H2,1-3H3/t11-,12+,15?,17+,18?,19?,20+/m1/s1. The van der Waals surface area contributed by atoms with E-state index in [0.29, 0.717) is 35.4 Å². The molecule has 0 aliphatic heterocycles. The summed E-state index contributed by atoms with van der Waals surface area (Å²) in [5.41, 5.74) is 2.98. The van der Waals surface area contributed by atoms with Crippen LogP contribution in [0.25, 0.3) is 0 Å². The number of allylic oxidation sites excluding steroid dienone is 2. The van der Waals surface area contributed by atoms with Crippen molar-refractivity contribution < 1.29 is 9.90 Å². The minimum absolute atomic E-state index is 0.000543. The van der Waals surface area contributed by atoms with Crippen molar-refractivity contribution in [3.8, 4) is 0 Å². The molecule has 0 saturated heterocycles. The zero-order valence-electron chi connectivity index (χ0n) is 14.0. The first-order valence-electron chi connectivity index (χ1n) is 9.03. The lowest BCUT2D eigenvalue weighted by Crippen LogP contribution is -2.50. The molecular weight excluding hydrogens is 272 g/mol. The van der Waals surface area contributed by atoms with Gasteiger partial charge in [-0.15, -0.1) is 0 Å². The van der Waals surface area contributed by atoms with E-state index < -0.39 is 0 Å². The van der Waals surface area contributed by atoms with Crippen LogP contribution >= 0.6 is 0 Å². The van der Waals surface area contributed by atoms with Crippen LogP contribution in [0, 0.1) is 35.0 Å². The summed E-state index contributed by atoms with van der Waals surface area (Å²) in [6.07, 6.45) is 8.93. The molecular formula is C20H28O2. The fraction of sp³-hybridized carbons (Fsp3) is 0.750. The summed E-state index contributed by atoms with van der Waals surface area (Å²) in [5, 5.41) is 10.5. The van der Waals surface area contributed by atoms with Gasteiger partial charge in [-0.05, 0) is 61.3 Å². The van der Waals surface area contributed by atoms with E-state index in [-0.39, 0.29) is 11.5 Å². The van der Waals surface area contributed by atoms with Crippen LogP contribution < -0.4 is 0 Å². The molecule has 7 atom stereocenters. The predicted molar refractivity (Wildman–Crippen MR) is 87.2 cm³/mol. The van der Waals surface area contributed by atoms with Gasteiger partial charge in [0.25, 0.3) is 0 Å². The largest absolute Gasteiger partial charge is 0.392 e. The molecule has 0 amide bonds. The molecule has 22 heavy (non-hydrogen) atoms. The molecule has 2 saturated carbocycles. The lowest BCUT2D eigenvalue weighted by atomic mass is 9.49. The van der Waals surface area contributed by atoms with Crippen LogP contribution in [0.5, 0.6) is 0 Å². The van der Waals surface area contributed by atoms with Crippen molar-refractivity contribution in [1.29, 1.82) is 0 Å². The molecule has 0 aromatic carbocycles. The third-order valence-electron chi connectivity index (χ3n) is 7.29. The van der Waals surface area contributed by atoms with Gasteiger partial charge in [-0.2, -0.15) is 0 Å². The van der Waals surface area contributed by atoms with Crippen molar-refractivity contribution in [2.75, 3.05) is 0 Å². The quantitative estimate of drug-likeness (QED) is 0.689. The maximum atomic E-state index is 11.8. The highest BCUT2D eigenvalue weighted by atomic mass is 16.3. The Kier molecular flexibility index (Phi) is 3.21. The molecule has 4 aliphatic carbocycles. The Morgan fingerprint density at radius 3 is 2.82 bits per heavy atom. The highest BCUT2D eigenvalue weighted by Gasteiger charge is 2.56. The molecule has 4 aliphatic rings. The van der Waals surface area contributed by atoms with Crippen molar-refractivity contribution in [1.82, 2.24) is 0 Å². The normalized spacial score (nSPS) is 50.6. The molecule has 2 fully saturated rings. The molecule has 4 rings (SSSR count). The summed E-state index contributed by atoms with van der Waals surface area (Å²) in [6, 6.07) is 0. The van der Waals surface area contributed by atoms with E-state index in [4.69, 9.17) is 0 Å². The number of aliphatic hydroxyl groups is 1. The number of rotatable bonds is 0. The summed E-state index contributed by atoms with van der Waals surface area (Å²) in [4.78, 5) is 11.8. The maximum Gasteiger partial charge on any atom is 0.155 e. The molecule has 0 radical (unpaired) electrons. The van der Waals surface area contributed by atoms with Gasteiger partial charge < -0.3 is 5.11 Å². The zero-order valence-corrected chi connectivity index (χ0v) is 14.0. The minimum Gasteiger partial charge on any atom is -0.392 e. The average molecular weight is 300 g/mol. The first-order chi connectivity index (χ1) is 10.4. The highest BCUT2D eigenvalue weighted by molar-refractivity contribution is 5.91. The zero-order chi connectivity index (χ0) is 15.6. The molecule has 0 heterocycles. The third-order valence-corrected chi connectivity index (χ3v) is 7.29. The molecule has 2 heteroatoms. The molecule has 0 aromatic heterocycles. The number of aliphatic hydroxyl groups excluding tert-OH is 1. The summed E-state index contributed by atoms with van der Waals surface area (Å²) in [7, 11) is 0. The lowest BCUT2D eigenvalue weighted by Gasteiger charge is -2.56. The van der Waals surface area contributed by atoms with Gasteiger partial charge in [-0.1, -0.05) is 38.0 Å². The van der Waals surface area contributed by atoms with Gasteiger partial charge in [-0.25, -0.2) is 0 Å². The second kappa shape index (κ2) is 4.80. The van der Waals surface area contributed by atoms with Crippen LogP contribution in [0.15, 0.2) is 23.3 Å². The number of hydrogen-bond donors (Lipinski definition) is 1. The van der Waals surface area contributed by atoms with Crippen molar-refractivity contribution in [2.24, 2.45) is 35.0 Å². The van der Waals surface area contributed by atoms with Crippen molar-refractivity contribution >= 4 is 5.78 Å². The van der Waals surface area contributed by atoms with E-state index in [9.17, 15) is 9.90 Å². The summed E-state index contributed by atoms with van der Waals surface area (Å²) < 4.78 is 0. The van der Waals surface area contributed by atoms with Gasteiger partial charge in [0.15, 0.2) is 5.78 Å². The van der Waals surface area contributed by atoms with Gasteiger partial charge in [-0.3, -0.25) is 4.79 Å². The van der Waals surface area contributed by atoms with Crippen LogP contribution in [-0.2, 0) is 4.79 Å². The minimum atomic E-state index is -0.192. The van der Waals surface area contributed by atoms with E-state index in [2.05, 4.69) is 26.8 Å². The summed E-state index contributed by atoms with van der Waals surface area (Å²) >= 11 is 0. The topological polar surface area (TPSA) is 37.3 Å². The molecule has 2 nitrogen and oxygen atoms in total. The Labute approximate surface area is 133 Å². The van der Waals surface area contributed by atoms with E-state index >= 15 is 0 Å².